The third-order valence-electron chi connectivity index (χ3n) is 4.08. The number of benzene rings is 2. The molecule has 2 aromatic rings. The maximum Gasteiger partial charge on any atom is 0.241 e. The van der Waals surface area contributed by atoms with Crippen molar-refractivity contribution < 1.29 is 13.2 Å². The number of rotatable bonds is 8. The maximum atomic E-state index is 12.9. The van der Waals surface area contributed by atoms with Gasteiger partial charge in [0.25, 0.3) is 0 Å². The number of amides is 1. The minimum atomic E-state index is -3.81. The summed E-state index contributed by atoms with van der Waals surface area (Å²) < 4.78 is 28.9. The van der Waals surface area contributed by atoms with Gasteiger partial charge in [0, 0.05) is 17.6 Å². The fourth-order valence-electron chi connectivity index (χ4n) is 2.65. The molecule has 0 saturated heterocycles. The van der Waals surface area contributed by atoms with Gasteiger partial charge < -0.3 is 4.90 Å². The van der Waals surface area contributed by atoms with E-state index in [1.807, 2.05) is 44.2 Å². The normalized spacial score (nSPS) is 12.6. The summed E-state index contributed by atoms with van der Waals surface area (Å²) in [5, 5.41) is 0. The van der Waals surface area contributed by atoms with Gasteiger partial charge >= 0.3 is 0 Å². The van der Waals surface area contributed by atoms with Gasteiger partial charge in [-0.15, -0.1) is 0 Å². The van der Waals surface area contributed by atoms with E-state index in [1.165, 1.54) is 12.1 Å². The molecular weight excluding hydrogens is 416 g/mol. The molecule has 0 fully saturated rings. The maximum absolute atomic E-state index is 12.9. The van der Waals surface area contributed by atoms with E-state index in [4.69, 9.17) is 0 Å². The second-order valence-electron chi connectivity index (χ2n) is 5.83. The van der Waals surface area contributed by atoms with Gasteiger partial charge in [0.05, 0.1) is 4.90 Å². The molecule has 0 radical (unpaired) electrons. The number of halogens is 1. The van der Waals surface area contributed by atoms with Crippen molar-refractivity contribution in [2.75, 3.05) is 13.1 Å². The summed E-state index contributed by atoms with van der Waals surface area (Å²) >= 11 is 3.29. The summed E-state index contributed by atoms with van der Waals surface area (Å²) in [4.78, 5) is 14.6. The van der Waals surface area contributed by atoms with Gasteiger partial charge in [-0.05, 0) is 50.1 Å². The van der Waals surface area contributed by atoms with Crippen molar-refractivity contribution in [1.82, 2.24) is 9.62 Å². The van der Waals surface area contributed by atoms with E-state index >= 15 is 0 Å². The second kappa shape index (κ2) is 9.30. The number of carbonyl (C=O) groups is 1. The predicted octanol–water partition coefficient (Wildman–Crippen LogP) is 3.21. The first-order valence-corrected chi connectivity index (χ1v) is 10.8. The monoisotopic (exact) mass is 438 g/mol. The zero-order valence-corrected chi connectivity index (χ0v) is 17.3. The molecule has 0 aliphatic heterocycles. The van der Waals surface area contributed by atoms with Crippen molar-refractivity contribution >= 4 is 31.9 Å². The molecule has 0 aliphatic carbocycles. The lowest BCUT2D eigenvalue weighted by molar-refractivity contribution is -0.132. The highest BCUT2D eigenvalue weighted by atomic mass is 79.9. The Morgan fingerprint density at radius 2 is 1.62 bits per heavy atom. The van der Waals surface area contributed by atoms with E-state index in [1.54, 1.807) is 17.0 Å². The van der Waals surface area contributed by atoms with Crippen molar-refractivity contribution in [2.24, 2.45) is 0 Å². The first-order chi connectivity index (χ1) is 12.4. The highest BCUT2D eigenvalue weighted by molar-refractivity contribution is 9.10. The lowest BCUT2D eigenvalue weighted by Crippen LogP contribution is -2.49. The third kappa shape index (κ3) is 5.40. The van der Waals surface area contributed by atoms with Crippen LogP contribution in [0.4, 0.5) is 0 Å². The molecule has 140 valence electrons. The molecule has 26 heavy (non-hydrogen) atoms. The SMILES string of the molecule is CCN(CC)C(=O)[C@@H](Cc1ccccc1)NS(=O)(=O)c1ccc(Br)cc1. The number of nitrogens with zero attached hydrogens (tertiary/aromatic N) is 1. The van der Waals surface area contributed by atoms with Gasteiger partial charge in [-0.1, -0.05) is 46.3 Å². The average Bonchev–Trinajstić information content (AvgIpc) is 2.63. The minimum absolute atomic E-state index is 0.131. The Kier molecular flexibility index (Phi) is 7.37. The largest absolute Gasteiger partial charge is 0.342 e. The van der Waals surface area contributed by atoms with Crippen molar-refractivity contribution in [1.29, 1.82) is 0 Å². The van der Waals surface area contributed by atoms with Gasteiger partial charge in [-0.2, -0.15) is 4.72 Å². The van der Waals surface area contributed by atoms with Gasteiger partial charge in [0.15, 0.2) is 0 Å². The average molecular weight is 439 g/mol. The highest BCUT2D eigenvalue weighted by Crippen LogP contribution is 2.16. The van der Waals surface area contributed by atoms with E-state index < -0.39 is 16.1 Å². The third-order valence-corrected chi connectivity index (χ3v) is 6.09. The molecule has 0 aromatic heterocycles. The van der Waals surface area contributed by atoms with Crippen LogP contribution >= 0.6 is 15.9 Å². The van der Waals surface area contributed by atoms with Gasteiger partial charge in [0.2, 0.25) is 15.9 Å². The molecule has 1 amide bonds. The van der Waals surface area contributed by atoms with Crippen LogP contribution in [0.15, 0.2) is 64.0 Å². The van der Waals surface area contributed by atoms with Crippen LogP contribution in [-0.2, 0) is 21.2 Å². The molecule has 7 heteroatoms. The highest BCUT2D eigenvalue weighted by Gasteiger charge is 2.28. The second-order valence-corrected chi connectivity index (χ2v) is 8.46. The zero-order chi connectivity index (χ0) is 19.2. The lowest BCUT2D eigenvalue weighted by atomic mass is 10.1. The van der Waals surface area contributed by atoms with Gasteiger partial charge in [-0.3, -0.25) is 4.79 Å². The Morgan fingerprint density at radius 3 is 2.15 bits per heavy atom. The summed E-state index contributed by atoms with van der Waals surface area (Å²) in [5.74, 6) is -0.223. The predicted molar refractivity (Wildman–Crippen MR) is 106 cm³/mol. The van der Waals surface area contributed by atoms with Gasteiger partial charge in [0.1, 0.15) is 6.04 Å². The quantitative estimate of drug-likeness (QED) is 0.687. The van der Waals surface area contributed by atoms with Crippen LogP contribution < -0.4 is 4.72 Å². The van der Waals surface area contributed by atoms with Crippen LogP contribution in [0.25, 0.3) is 0 Å². The van der Waals surface area contributed by atoms with E-state index in [0.29, 0.717) is 19.5 Å². The molecule has 0 aliphatic rings. The lowest BCUT2D eigenvalue weighted by Gasteiger charge is -2.26. The Balaban J connectivity index is 2.30. The summed E-state index contributed by atoms with van der Waals surface area (Å²) in [6.45, 7) is 4.82. The molecule has 0 heterocycles. The number of sulfonamides is 1. The van der Waals surface area contributed by atoms with Crippen molar-refractivity contribution in [3.63, 3.8) is 0 Å². The van der Waals surface area contributed by atoms with Crippen LogP contribution in [0.2, 0.25) is 0 Å². The van der Waals surface area contributed by atoms with E-state index in [-0.39, 0.29) is 10.8 Å². The van der Waals surface area contributed by atoms with E-state index in [0.717, 1.165) is 10.0 Å². The van der Waals surface area contributed by atoms with Crippen LogP contribution in [0.1, 0.15) is 19.4 Å². The fraction of sp³-hybridized carbons (Fsp3) is 0.316. The Labute approximate surface area is 163 Å². The molecule has 2 rings (SSSR count). The summed E-state index contributed by atoms with van der Waals surface area (Å²) in [6.07, 6.45) is 0.298. The van der Waals surface area contributed by atoms with Crippen molar-refractivity contribution in [2.45, 2.75) is 31.2 Å². The Bertz CT molecular complexity index is 820. The summed E-state index contributed by atoms with van der Waals surface area (Å²) in [5.41, 5.74) is 0.900. The number of hydrogen-bond donors (Lipinski definition) is 1. The number of carbonyl (C=O) groups excluding carboxylic acids is 1. The molecule has 1 atom stereocenters. The fourth-order valence-corrected chi connectivity index (χ4v) is 4.11. The first-order valence-electron chi connectivity index (χ1n) is 8.48. The van der Waals surface area contributed by atoms with Crippen LogP contribution in [0.5, 0.6) is 0 Å². The van der Waals surface area contributed by atoms with Crippen molar-refractivity contribution in [3.05, 3.63) is 64.6 Å². The van der Waals surface area contributed by atoms with E-state index in [2.05, 4.69) is 20.7 Å². The molecule has 2 aromatic carbocycles. The number of hydrogen-bond acceptors (Lipinski definition) is 3. The smallest absolute Gasteiger partial charge is 0.241 e. The zero-order valence-electron chi connectivity index (χ0n) is 14.9. The van der Waals surface area contributed by atoms with Gasteiger partial charge in [-0.25, -0.2) is 8.42 Å². The molecule has 5 nitrogen and oxygen atoms in total. The number of nitrogens with one attached hydrogen (secondary N) is 1. The molecule has 0 saturated carbocycles. The van der Waals surface area contributed by atoms with Crippen LogP contribution in [0, 0.1) is 0 Å². The summed E-state index contributed by atoms with van der Waals surface area (Å²) in [6, 6.07) is 14.9. The summed E-state index contributed by atoms with van der Waals surface area (Å²) in [7, 11) is -3.81. The molecular formula is C19H23BrN2O3S. The standard InChI is InChI=1S/C19H23BrN2O3S/c1-3-22(4-2)19(23)18(14-15-8-6-5-7-9-15)21-26(24,25)17-12-10-16(20)11-13-17/h5-13,18,21H,3-4,14H2,1-2H3/t18-/m1/s1. The molecule has 0 bridgehead atoms. The van der Waals surface area contributed by atoms with Crippen LogP contribution in [-0.4, -0.2) is 38.4 Å². The molecule has 1 N–H and O–H groups in total. The molecule has 0 unspecified atom stereocenters. The van der Waals surface area contributed by atoms with Crippen molar-refractivity contribution in [3.8, 4) is 0 Å². The van der Waals surface area contributed by atoms with E-state index in [9.17, 15) is 13.2 Å². The molecule has 0 spiro atoms. The topological polar surface area (TPSA) is 66.5 Å². The number of likely N-dealkylation sites (N-methyl/N-ethyl adjacent to an activating group) is 1. The first kappa shape index (κ1) is 20.6. The Morgan fingerprint density at radius 1 is 1.04 bits per heavy atom. The Hall–Kier alpha value is -1.70. The minimum Gasteiger partial charge on any atom is -0.342 e. The van der Waals surface area contributed by atoms with Crippen LogP contribution in [0.3, 0.4) is 0 Å².